The molecule has 0 amide bonds. The lowest BCUT2D eigenvalue weighted by Gasteiger charge is -2.00. The number of pyridine rings is 2. The number of hydrogen-bond donors (Lipinski definition) is 1. The summed E-state index contributed by atoms with van der Waals surface area (Å²) >= 11 is 0. The lowest BCUT2D eigenvalue weighted by Crippen LogP contribution is -2.02. The van der Waals surface area contributed by atoms with E-state index in [0.717, 1.165) is 33.9 Å². The summed E-state index contributed by atoms with van der Waals surface area (Å²) in [6, 6.07) is 14.7. The summed E-state index contributed by atoms with van der Waals surface area (Å²) in [7, 11) is 0. The van der Waals surface area contributed by atoms with Crippen molar-refractivity contribution in [1.82, 2.24) is 9.97 Å². The summed E-state index contributed by atoms with van der Waals surface area (Å²) in [5.74, 6) is 0.224. The highest BCUT2D eigenvalue weighted by molar-refractivity contribution is 6.22. The Balaban J connectivity index is 1.94. The summed E-state index contributed by atoms with van der Waals surface area (Å²) in [4.78, 5) is 13.6. The Kier molecular flexibility index (Phi) is 2.54. The van der Waals surface area contributed by atoms with Gasteiger partial charge in [0.25, 0.3) is 0 Å². The smallest absolute Gasteiger partial charge is 0.116 e. The van der Waals surface area contributed by atoms with Crippen molar-refractivity contribution in [2.45, 2.75) is 0 Å². The second-order valence-corrected chi connectivity index (χ2v) is 4.78. The Morgan fingerprint density at radius 2 is 1.33 bits per heavy atom. The number of benzene rings is 1. The Labute approximate surface area is 121 Å². The molecule has 1 aromatic carbocycles. The normalized spacial score (nSPS) is 11.9. The van der Waals surface area contributed by atoms with Gasteiger partial charge >= 0.3 is 0 Å². The number of phenolic OH excluding ortho intramolecular Hbond substituents is 1. The molecule has 3 aromatic rings. The lowest BCUT2D eigenvalue weighted by molar-refractivity contribution is 0.475. The molecule has 0 saturated heterocycles. The van der Waals surface area contributed by atoms with Gasteiger partial charge in [-0.05, 0) is 36.4 Å². The zero-order valence-corrected chi connectivity index (χ0v) is 11.1. The fraction of sp³-hybridized carbons (Fsp3) is 0. The summed E-state index contributed by atoms with van der Waals surface area (Å²) in [6.07, 6.45) is 3.52. The van der Waals surface area contributed by atoms with Gasteiger partial charge in [-0.1, -0.05) is 12.1 Å². The maximum absolute atomic E-state index is 9.36. The minimum Gasteiger partial charge on any atom is -0.508 e. The molecule has 100 valence electrons. The van der Waals surface area contributed by atoms with Gasteiger partial charge in [-0.2, -0.15) is 0 Å². The first-order valence-electron chi connectivity index (χ1n) is 6.62. The standard InChI is InChI=1S/C17H11N3O/c21-12-7-5-11(6-8-12)20-17-15-13(3-1-9-18-15)14-4-2-10-19-16(14)17/h1-10,21H. The maximum atomic E-state index is 9.36. The van der Waals surface area contributed by atoms with Crippen molar-refractivity contribution >= 4 is 11.4 Å². The van der Waals surface area contributed by atoms with Crippen LogP contribution in [0.5, 0.6) is 5.75 Å². The van der Waals surface area contributed by atoms with E-state index in [1.54, 1.807) is 36.7 Å². The SMILES string of the molecule is Oc1ccc(N=C2c3ncccc3-c3cccnc32)cc1. The van der Waals surface area contributed by atoms with Gasteiger partial charge in [-0.3, -0.25) is 9.97 Å². The van der Waals surface area contributed by atoms with Gasteiger partial charge in [0.15, 0.2) is 0 Å². The van der Waals surface area contributed by atoms with Crippen LogP contribution in [-0.2, 0) is 0 Å². The van der Waals surface area contributed by atoms with Crippen molar-refractivity contribution < 1.29 is 5.11 Å². The molecule has 1 aliphatic carbocycles. The van der Waals surface area contributed by atoms with E-state index in [0.29, 0.717) is 0 Å². The molecule has 21 heavy (non-hydrogen) atoms. The van der Waals surface area contributed by atoms with Crippen molar-refractivity contribution in [2.75, 3.05) is 0 Å². The predicted molar refractivity (Wildman–Crippen MR) is 80.9 cm³/mol. The first-order valence-corrected chi connectivity index (χ1v) is 6.62. The third-order valence-electron chi connectivity index (χ3n) is 3.44. The Hall–Kier alpha value is -3.01. The molecule has 0 spiro atoms. The highest BCUT2D eigenvalue weighted by Crippen LogP contribution is 2.35. The van der Waals surface area contributed by atoms with Crippen LogP contribution in [0.25, 0.3) is 11.1 Å². The largest absolute Gasteiger partial charge is 0.508 e. The molecule has 0 aliphatic heterocycles. The highest BCUT2D eigenvalue weighted by Gasteiger charge is 2.26. The average molecular weight is 273 g/mol. The molecular weight excluding hydrogens is 262 g/mol. The molecule has 4 heteroatoms. The van der Waals surface area contributed by atoms with E-state index in [2.05, 4.69) is 15.0 Å². The highest BCUT2D eigenvalue weighted by atomic mass is 16.3. The minimum absolute atomic E-state index is 0.224. The molecule has 0 atom stereocenters. The van der Waals surface area contributed by atoms with Crippen LogP contribution in [0.15, 0.2) is 65.9 Å². The van der Waals surface area contributed by atoms with Gasteiger partial charge in [0.2, 0.25) is 0 Å². The molecule has 1 aliphatic rings. The number of phenols is 1. The zero-order chi connectivity index (χ0) is 14.2. The summed E-state index contributed by atoms with van der Waals surface area (Å²) in [5.41, 5.74) is 5.33. The van der Waals surface area contributed by atoms with Gasteiger partial charge < -0.3 is 5.11 Å². The van der Waals surface area contributed by atoms with Gasteiger partial charge in [0.1, 0.15) is 11.5 Å². The first kappa shape index (κ1) is 11.8. The second-order valence-electron chi connectivity index (χ2n) is 4.78. The van der Waals surface area contributed by atoms with E-state index < -0.39 is 0 Å². The Morgan fingerprint density at radius 1 is 0.762 bits per heavy atom. The predicted octanol–water partition coefficient (Wildman–Crippen LogP) is 3.33. The molecule has 4 nitrogen and oxygen atoms in total. The molecule has 0 unspecified atom stereocenters. The number of aromatic nitrogens is 2. The first-order chi connectivity index (χ1) is 10.3. The van der Waals surface area contributed by atoms with Crippen molar-refractivity contribution in [3.8, 4) is 16.9 Å². The number of aliphatic imine (C=N–C) groups is 1. The molecule has 0 fully saturated rings. The fourth-order valence-corrected chi connectivity index (χ4v) is 2.50. The molecular formula is C17H11N3O. The van der Waals surface area contributed by atoms with Crippen molar-refractivity contribution in [3.05, 3.63) is 72.3 Å². The van der Waals surface area contributed by atoms with Crippen molar-refractivity contribution in [3.63, 3.8) is 0 Å². The lowest BCUT2D eigenvalue weighted by atomic mass is 10.1. The van der Waals surface area contributed by atoms with Gasteiger partial charge in [0, 0.05) is 23.5 Å². The molecule has 1 N–H and O–H groups in total. The third-order valence-corrected chi connectivity index (χ3v) is 3.44. The van der Waals surface area contributed by atoms with E-state index >= 15 is 0 Å². The van der Waals surface area contributed by atoms with Crippen molar-refractivity contribution in [2.24, 2.45) is 4.99 Å². The van der Waals surface area contributed by atoms with Crippen LogP contribution in [0.4, 0.5) is 5.69 Å². The summed E-state index contributed by atoms with van der Waals surface area (Å²) < 4.78 is 0. The number of fused-ring (bicyclic) bond motifs is 3. The number of hydrogen-bond acceptors (Lipinski definition) is 4. The van der Waals surface area contributed by atoms with Crippen molar-refractivity contribution in [1.29, 1.82) is 0 Å². The third kappa shape index (κ3) is 1.89. The quantitative estimate of drug-likeness (QED) is 0.578. The Bertz CT molecular complexity index is 806. The van der Waals surface area contributed by atoms with E-state index in [-0.39, 0.29) is 5.75 Å². The number of aromatic hydroxyl groups is 1. The van der Waals surface area contributed by atoms with Gasteiger partial charge in [0.05, 0.1) is 17.1 Å². The van der Waals surface area contributed by atoms with E-state index in [4.69, 9.17) is 0 Å². The molecule has 0 bridgehead atoms. The molecule has 0 radical (unpaired) electrons. The van der Waals surface area contributed by atoms with E-state index in [9.17, 15) is 5.11 Å². The average Bonchev–Trinajstić information content (AvgIpc) is 2.85. The van der Waals surface area contributed by atoms with E-state index in [1.165, 1.54) is 0 Å². The maximum Gasteiger partial charge on any atom is 0.116 e. The molecule has 2 heterocycles. The zero-order valence-electron chi connectivity index (χ0n) is 11.1. The number of rotatable bonds is 1. The monoisotopic (exact) mass is 273 g/mol. The topological polar surface area (TPSA) is 58.4 Å². The van der Waals surface area contributed by atoms with Crippen LogP contribution in [0, 0.1) is 0 Å². The minimum atomic E-state index is 0.224. The summed E-state index contributed by atoms with van der Waals surface area (Å²) in [6.45, 7) is 0. The van der Waals surface area contributed by atoms with E-state index in [1.807, 2.05) is 24.3 Å². The van der Waals surface area contributed by atoms with Crippen LogP contribution >= 0.6 is 0 Å². The molecule has 0 saturated carbocycles. The summed E-state index contributed by atoms with van der Waals surface area (Å²) in [5, 5.41) is 9.36. The van der Waals surface area contributed by atoms with Crippen LogP contribution in [0.3, 0.4) is 0 Å². The van der Waals surface area contributed by atoms with Gasteiger partial charge in [-0.25, -0.2) is 4.99 Å². The van der Waals surface area contributed by atoms with Crippen LogP contribution in [0.1, 0.15) is 11.4 Å². The molecule has 4 rings (SSSR count). The van der Waals surface area contributed by atoms with Gasteiger partial charge in [-0.15, -0.1) is 0 Å². The van der Waals surface area contributed by atoms with Crippen LogP contribution in [0.2, 0.25) is 0 Å². The van der Waals surface area contributed by atoms with Crippen LogP contribution in [-0.4, -0.2) is 20.8 Å². The van der Waals surface area contributed by atoms with Crippen LogP contribution < -0.4 is 0 Å². The Morgan fingerprint density at radius 3 is 1.90 bits per heavy atom. The number of nitrogens with zero attached hydrogens (tertiary/aromatic N) is 3. The second kappa shape index (κ2) is 4.52. The fourth-order valence-electron chi connectivity index (χ4n) is 2.50. The molecule has 2 aromatic heterocycles.